The van der Waals surface area contributed by atoms with Crippen LogP contribution in [0.4, 0.5) is 10.2 Å². The SMILES string of the molecule is C=C(F)C(=O)N1CC[C@H](n2nc(C#Cc3cc(OC)cc(OC)c3)c3c(N)ncnc32)C1. The van der Waals surface area contributed by atoms with Gasteiger partial charge in [0, 0.05) is 24.7 Å². The second kappa shape index (κ2) is 8.55. The molecule has 164 valence electrons. The molecule has 1 aliphatic heterocycles. The molecule has 1 atom stereocenters. The predicted octanol–water partition coefficient (Wildman–Crippen LogP) is 2.08. The van der Waals surface area contributed by atoms with E-state index >= 15 is 0 Å². The van der Waals surface area contributed by atoms with E-state index in [1.807, 2.05) is 0 Å². The number of amides is 1. The topological polar surface area (TPSA) is 108 Å². The minimum absolute atomic E-state index is 0.206. The first-order valence-electron chi connectivity index (χ1n) is 9.78. The van der Waals surface area contributed by atoms with E-state index in [1.165, 1.54) is 11.2 Å². The third kappa shape index (κ3) is 3.92. The van der Waals surface area contributed by atoms with Crippen molar-refractivity contribution in [2.24, 2.45) is 0 Å². The molecule has 1 aliphatic rings. The normalized spacial score (nSPS) is 15.3. The van der Waals surface area contributed by atoms with Crippen LogP contribution in [-0.2, 0) is 4.79 Å². The fourth-order valence-corrected chi connectivity index (χ4v) is 3.65. The third-order valence-electron chi connectivity index (χ3n) is 5.22. The lowest BCUT2D eigenvalue weighted by Crippen LogP contribution is -2.29. The van der Waals surface area contributed by atoms with Crippen molar-refractivity contribution in [3.8, 4) is 23.3 Å². The molecule has 0 spiro atoms. The van der Waals surface area contributed by atoms with Crippen LogP contribution in [0.25, 0.3) is 11.0 Å². The van der Waals surface area contributed by atoms with Crippen molar-refractivity contribution in [2.75, 3.05) is 33.0 Å². The lowest BCUT2D eigenvalue weighted by molar-refractivity contribution is -0.127. The van der Waals surface area contributed by atoms with E-state index in [-0.39, 0.29) is 18.4 Å². The number of halogens is 1. The van der Waals surface area contributed by atoms with Crippen LogP contribution in [0.1, 0.15) is 23.7 Å². The first-order chi connectivity index (χ1) is 15.4. The Morgan fingerprint density at radius 3 is 2.59 bits per heavy atom. The number of anilines is 1. The van der Waals surface area contributed by atoms with Gasteiger partial charge in [-0.25, -0.2) is 19.0 Å². The molecule has 3 heterocycles. The number of nitrogens with zero attached hydrogens (tertiary/aromatic N) is 5. The summed E-state index contributed by atoms with van der Waals surface area (Å²) in [6.45, 7) is 3.76. The van der Waals surface area contributed by atoms with E-state index in [1.54, 1.807) is 37.1 Å². The summed E-state index contributed by atoms with van der Waals surface area (Å²) in [5.74, 6) is 5.85. The highest BCUT2D eigenvalue weighted by Crippen LogP contribution is 2.29. The molecule has 2 N–H and O–H groups in total. The number of likely N-dealkylation sites (tertiary alicyclic amines) is 1. The Morgan fingerprint density at radius 2 is 1.94 bits per heavy atom. The number of nitrogen functional groups attached to an aromatic ring is 1. The number of ether oxygens (including phenoxy) is 2. The highest BCUT2D eigenvalue weighted by Gasteiger charge is 2.31. The van der Waals surface area contributed by atoms with Gasteiger partial charge in [0.2, 0.25) is 0 Å². The number of aromatic nitrogens is 4. The zero-order chi connectivity index (χ0) is 22.8. The maximum atomic E-state index is 13.3. The molecule has 0 unspecified atom stereocenters. The van der Waals surface area contributed by atoms with Crippen molar-refractivity contribution in [1.82, 2.24) is 24.6 Å². The van der Waals surface area contributed by atoms with Gasteiger partial charge in [0.25, 0.3) is 5.91 Å². The average Bonchev–Trinajstić information content (AvgIpc) is 3.42. The first-order valence-corrected chi connectivity index (χ1v) is 9.78. The van der Waals surface area contributed by atoms with Gasteiger partial charge in [-0.05, 0) is 24.5 Å². The van der Waals surface area contributed by atoms with Crippen molar-refractivity contribution in [1.29, 1.82) is 0 Å². The fourth-order valence-electron chi connectivity index (χ4n) is 3.65. The maximum absolute atomic E-state index is 13.3. The molecule has 1 fully saturated rings. The highest BCUT2D eigenvalue weighted by atomic mass is 19.1. The summed E-state index contributed by atoms with van der Waals surface area (Å²) in [6, 6.07) is 5.10. The zero-order valence-electron chi connectivity index (χ0n) is 17.6. The summed E-state index contributed by atoms with van der Waals surface area (Å²) < 4.78 is 25.5. The number of nitrogens with two attached hydrogens (primary N) is 1. The number of hydrogen-bond donors (Lipinski definition) is 1. The quantitative estimate of drug-likeness (QED) is 0.493. The van der Waals surface area contributed by atoms with Crippen LogP contribution in [0.2, 0.25) is 0 Å². The van der Waals surface area contributed by atoms with E-state index in [4.69, 9.17) is 15.2 Å². The number of fused-ring (bicyclic) bond motifs is 1. The fraction of sp³-hybridized carbons (Fsp3) is 0.273. The predicted molar refractivity (Wildman–Crippen MR) is 116 cm³/mol. The van der Waals surface area contributed by atoms with Crippen LogP contribution in [0.15, 0.2) is 36.9 Å². The first kappa shape index (κ1) is 21.1. The van der Waals surface area contributed by atoms with Crippen LogP contribution in [0.3, 0.4) is 0 Å². The van der Waals surface area contributed by atoms with Gasteiger partial charge < -0.3 is 20.1 Å². The second-order valence-corrected chi connectivity index (χ2v) is 7.20. The lowest BCUT2D eigenvalue weighted by atomic mass is 10.2. The summed E-state index contributed by atoms with van der Waals surface area (Å²) in [5.41, 5.74) is 7.68. The molecular formula is C22H21FN6O3. The summed E-state index contributed by atoms with van der Waals surface area (Å²) in [5, 5.41) is 5.14. The number of methoxy groups -OCH3 is 2. The average molecular weight is 436 g/mol. The van der Waals surface area contributed by atoms with Gasteiger partial charge in [-0.15, -0.1) is 0 Å². The molecule has 10 heteroatoms. The van der Waals surface area contributed by atoms with E-state index in [9.17, 15) is 9.18 Å². The Balaban J connectivity index is 1.73. The molecule has 9 nitrogen and oxygen atoms in total. The van der Waals surface area contributed by atoms with Crippen LogP contribution >= 0.6 is 0 Å². The molecule has 32 heavy (non-hydrogen) atoms. The molecule has 3 aromatic rings. The molecular weight excluding hydrogens is 415 g/mol. The molecule has 4 rings (SSSR count). The summed E-state index contributed by atoms with van der Waals surface area (Å²) in [4.78, 5) is 21.7. The Bertz CT molecular complexity index is 1250. The van der Waals surface area contributed by atoms with Crippen molar-refractivity contribution >= 4 is 22.8 Å². The van der Waals surface area contributed by atoms with E-state index < -0.39 is 11.7 Å². The highest BCUT2D eigenvalue weighted by molar-refractivity contribution is 5.91. The van der Waals surface area contributed by atoms with Gasteiger partial charge in [-0.2, -0.15) is 5.10 Å². The molecule has 0 aliphatic carbocycles. The van der Waals surface area contributed by atoms with Crippen LogP contribution in [-0.4, -0.2) is 57.9 Å². The smallest absolute Gasteiger partial charge is 0.282 e. The summed E-state index contributed by atoms with van der Waals surface area (Å²) in [6.07, 6.45) is 1.93. The number of hydrogen-bond acceptors (Lipinski definition) is 7. The molecule has 1 saturated heterocycles. The van der Waals surface area contributed by atoms with Crippen LogP contribution < -0.4 is 15.2 Å². The maximum Gasteiger partial charge on any atom is 0.282 e. The van der Waals surface area contributed by atoms with Gasteiger partial charge in [0.1, 0.15) is 29.3 Å². The van der Waals surface area contributed by atoms with Crippen molar-refractivity contribution in [2.45, 2.75) is 12.5 Å². The third-order valence-corrected chi connectivity index (χ3v) is 5.22. The van der Waals surface area contributed by atoms with Crippen molar-refractivity contribution in [3.63, 3.8) is 0 Å². The Hall–Kier alpha value is -4.13. The van der Waals surface area contributed by atoms with Gasteiger partial charge in [-0.3, -0.25) is 4.79 Å². The minimum atomic E-state index is -0.984. The molecule has 0 saturated carbocycles. The van der Waals surface area contributed by atoms with Gasteiger partial charge in [0.15, 0.2) is 11.5 Å². The van der Waals surface area contributed by atoms with E-state index in [0.29, 0.717) is 46.8 Å². The molecule has 1 amide bonds. The van der Waals surface area contributed by atoms with Gasteiger partial charge >= 0.3 is 0 Å². The number of benzene rings is 1. The van der Waals surface area contributed by atoms with Crippen LogP contribution in [0.5, 0.6) is 11.5 Å². The van der Waals surface area contributed by atoms with Crippen molar-refractivity contribution < 1.29 is 18.7 Å². The Labute approximate surface area is 183 Å². The van der Waals surface area contributed by atoms with Gasteiger partial charge in [0.05, 0.1) is 25.6 Å². The van der Waals surface area contributed by atoms with Crippen molar-refractivity contribution in [3.05, 3.63) is 48.2 Å². The Kier molecular flexibility index (Phi) is 5.64. The molecule has 1 aromatic carbocycles. The van der Waals surface area contributed by atoms with E-state index in [0.717, 1.165) is 0 Å². The largest absolute Gasteiger partial charge is 0.497 e. The monoisotopic (exact) mass is 436 g/mol. The number of carbonyl (C=O) groups is 1. The molecule has 0 bridgehead atoms. The second-order valence-electron chi connectivity index (χ2n) is 7.20. The summed E-state index contributed by atoms with van der Waals surface area (Å²) >= 11 is 0. The Morgan fingerprint density at radius 1 is 1.22 bits per heavy atom. The van der Waals surface area contributed by atoms with Crippen LogP contribution in [0, 0.1) is 11.8 Å². The standard InChI is InChI=1S/C22H21FN6O3/c1-13(23)22(30)28-7-6-15(11-28)29-21-19(20(24)25-12-26-21)18(27-29)5-4-14-8-16(31-2)10-17(9-14)32-3/h8-10,12,15H,1,6-7,11H2,2-3H3,(H2,24,25,26)/t15-/m0/s1. The van der Waals surface area contributed by atoms with Gasteiger partial charge in [-0.1, -0.05) is 12.5 Å². The van der Waals surface area contributed by atoms with E-state index in [2.05, 4.69) is 33.5 Å². The number of carbonyl (C=O) groups excluding carboxylic acids is 1. The summed E-state index contributed by atoms with van der Waals surface area (Å²) in [7, 11) is 3.13. The molecule has 2 aromatic heterocycles. The zero-order valence-corrected chi connectivity index (χ0v) is 17.6. The minimum Gasteiger partial charge on any atom is -0.497 e. The number of rotatable bonds is 4. The lowest BCUT2D eigenvalue weighted by Gasteiger charge is -2.15. The molecule has 0 radical (unpaired) electrons.